The number of aliphatic hydroxyl groups is 2. The topological polar surface area (TPSA) is 133 Å². The molecule has 0 bridgehead atoms. The van der Waals surface area contributed by atoms with Crippen LogP contribution in [0.15, 0.2) is 65.7 Å². The monoisotopic (exact) mass is 617 g/mol. The Labute approximate surface area is 256 Å². The molecule has 10 nitrogen and oxygen atoms in total. The molecule has 12 heteroatoms. The van der Waals surface area contributed by atoms with E-state index in [9.17, 15) is 24.2 Å². The molecule has 0 aliphatic heterocycles. The Hall–Kier alpha value is -5.20. The summed E-state index contributed by atoms with van der Waals surface area (Å²) in [5.74, 6) is -1.25. The lowest BCUT2D eigenvalue weighted by atomic mass is 9.94. The summed E-state index contributed by atoms with van der Waals surface area (Å²) < 4.78 is 46.9. The van der Waals surface area contributed by atoms with E-state index in [1.165, 1.54) is 67.6 Å². The molecule has 0 saturated heterocycles. The number of benzene rings is 2. The normalized spacial score (nSPS) is 11.1. The van der Waals surface area contributed by atoms with E-state index >= 15 is 4.39 Å². The van der Waals surface area contributed by atoms with Crippen LogP contribution in [0.4, 0.5) is 8.78 Å². The van der Waals surface area contributed by atoms with Gasteiger partial charge in [0, 0.05) is 37.5 Å². The zero-order valence-electron chi connectivity index (χ0n) is 24.6. The molecular formula is C33H29F2N3O7. The zero-order valence-corrected chi connectivity index (χ0v) is 24.6. The summed E-state index contributed by atoms with van der Waals surface area (Å²) >= 11 is 0. The average Bonchev–Trinajstić information content (AvgIpc) is 3.02. The highest BCUT2D eigenvalue weighted by Gasteiger charge is 2.23. The minimum Gasteiger partial charge on any atom is -0.491 e. The number of carbonyl (C=O) groups is 1. The van der Waals surface area contributed by atoms with Crippen molar-refractivity contribution in [2.24, 2.45) is 0 Å². The van der Waals surface area contributed by atoms with Gasteiger partial charge in [-0.05, 0) is 47.9 Å². The van der Waals surface area contributed by atoms with Crippen molar-refractivity contribution in [3.63, 3.8) is 0 Å². The van der Waals surface area contributed by atoms with Crippen LogP contribution in [0.5, 0.6) is 23.1 Å². The maximum atomic E-state index is 15.3. The van der Waals surface area contributed by atoms with E-state index in [1.54, 1.807) is 13.0 Å². The molecule has 5 aromatic rings. The molecule has 2 N–H and O–H groups in total. The second-order valence-electron chi connectivity index (χ2n) is 10.1. The van der Waals surface area contributed by atoms with Crippen LogP contribution in [-0.2, 0) is 19.6 Å². The number of aliphatic hydroxyl groups excluding tert-OH is 2. The SMILES string of the molecule is COc1cc2nccc(Oc3ccc(CC(=O)c4cn(CCO)c(CO)c(-c5ccc(F)cc5C)c4=O)cc3F)c2nc1OC. The smallest absolute Gasteiger partial charge is 0.257 e. The number of nitrogens with zero attached hydrogens (tertiary/aromatic N) is 3. The Morgan fingerprint density at radius 3 is 2.44 bits per heavy atom. The van der Waals surface area contributed by atoms with E-state index in [1.807, 2.05) is 0 Å². The van der Waals surface area contributed by atoms with Crippen molar-refractivity contribution in [2.45, 2.75) is 26.5 Å². The molecule has 232 valence electrons. The first kappa shape index (κ1) is 31.2. The van der Waals surface area contributed by atoms with Gasteiger partial charge in [0.25, 0.3) is 5.88 Å². The summed E-state index contributed by atoms with van der Waals surface area (Å²) in [5, 5.41) is 19.7. The Morgan fingerprint density at radius 2 is 1.78 bits per heavy atom. The second-order valence-corrected chi connectivity index (χ2v) is 10.1. The van der Waals surface area contributed by atoms with Crippen molar-refractivity contribution in [1.82, 2.24) is 14.5 Å². The summed E-state index contributed by atoms with van der Waals surface area (Å²) in [5.41, 5.74) is 1.08. The molecule has 45 heavy (non-hydrogen) atoms. The molecule has 0 unspecified atom stereocenters. The minimum atomic E-state index is -0.762. The van der Waals surface area contributed by atoms with Crippen LogP contribution in [0.3, 0.4) is 0 Å². The van der Waals surface area contributed by atoms with Crippen LogP contribution in [0.1, 0.15) is 27.2 Å². The van der Waals surface area contributed by atoms with Crippen LogP contribution in [0.25, 0.3) is 22.2 Å². The van der Waals surface area contributed by atoms with Crippen molar-refractivity contribution >= 4 is 16.8 Å². The lowest BCUT2D eigenvalue weighted by molar-refractivity contribution is 0.0990. The van der Waals surface area contributed by atoms with Gasteiger partial charge in [-0.15, -0.1) is 0 Å². The number of halogens is 2. The molecule has 0 spiro atoms. The van der Waals surface area contributed by atoms with Gasteiger partial charge in [-0.2, -0.15) is 0 Å². The summed E-state index contributed by atoms with van der Waals surface area (Å²) in [6.45, 7) is 0.696. The van der Waals surface area contributed by atoms with Gasteiger partial charge in [0.1, 0.15) is 11.3 Å². The van der Waals surface area contributed by atoms with Gasteiger partial charge in [0.2, 0.25) is 5.43 Å². The van der Waals surface area contributed by atoms with Gasteiger partial charge in [0.15, 0.2) is 28.8 Å². The highest BCUT2D eigenvalue weighted by Crippen LogP contribution is 2.35. The highest BCUT2D eigenvalue weighted by atomic mass is 19.1. The molecule has 0 radical (unpaired) electrons. The number of hydrogen-bond donors (Lipinski definition) is 2. The Bertz CT molecular complexity index is 1980. The summed E-state index contributed by atoms with van der Waals surface area (Å²) in [6, 6.07) is 10.9. The largest absolute Gasteiger partial charge is 0.491 e. The Balaban J connectivity index is 1.47. The van der Waals surface area contributed by atoms with Gasteiger partial charge in [-0.3, -0.25) is 14.6 Å². The fourth-order valence-electron chi connectivity index (χ4n) is 5.09. The molecular weight excluding hydrogens is 588 g/mol. The van der Waals surface area contributed by atoms with Crippen LogP contribution in [0.2, 0.25) is 0 Å². The van der Waals surface area contributed by atoms with E-state index in [0.29, 0.717) is 27.9 Å². The molecule has 0 amide bonds. The average molecular weight is 618 g/mol. The first-order valence-corrected chi connectivity index (χ1v) is 13.8. The lowest BCUT2D eigenvalue weighted by Crippen LogP contribution is -2.25. The van der Waals surface area contributed by atoms with E-state index in [4.69, 9.17) is 14.2 Å². The van der Waals surface area contributed by atoms with E-state index in [0.717, 1.165) is 6.07 Å². The van der Waals surface area contributed by atoms with E-state index in [2.05, 4.69) is 9.97 Å². The van der Waals surface area contributed by atoms with Crippen molar-refractivity contribution in [1.29, 1.82) is 0 Å². The number of fused-ring (bicyclic) bond motifs is 1. The molecule has 5 rings (SSSR count). The zero-order chi connectivity index (χ0) is 32.2. The number of carbonyl (C=O) groups excluding carboxylic acids is 1. The number of Topliss-reactive ketones (excluding diaryl/α,β-unsaturated/α-hetero) is 1. The standard InChI is InChI=1S/C33H29F2N3O7/c1-18-12-20(34)5-6-21(18)30-25(17-40)38(10-11-39)16-22(32(30)42)26(41)14-19-4-7-27(23(35)13-19)45-28-8-9-36-24-15-29(43-2)33(44-3)37-31(24)28/h4-9,12-13,15-16,39-40H,10-11,14,17H2,1-3H3. The highest BCUT2D eigenvalue weighted by molar-refractivity contribution is 5.98. The number of hydrogen-bond acceptors (Lipinski definition) is 9. The van der Waals surface area contributed by atoms with Crippen LogP contribution in [0, 0.1) is 18.6 Å². The van der Waals surface area contributed by atoms with Gasteiger partial charge in [-0.1, -0.05) is 12.1 Å². The summed E-state index contributed by atoms with van der Waals surface area (Å²) in [7, 11) is 2.90. The molecule has 0 aliphatic carbocycles. The number of ether oxygens (including phenoxy) is 3. The molecule has 2 aromatic carbocycles. The summed E-state index contributed by atoms with van der Waals surface area (Å²) in [4.78, 5) is 35.8. The molecule has 3 heterocycles. The minimum absolute atomic E-state index is 0.0123. The number of rotatable bonds is 11. The van der Waals surface area contributed by atoms with Crippen molar-refractivity contribution < 1.29 is 38.0 Å². The van der Waals surface area contributed by atoms with Crippen LogP contribution < -0.4 is 19.6 Å². The van der Waals surface area contributed by atoms with E-state index in [-0.39, 0.29) is 59.3 Å². The van der Waals surface area contributed by atoms with Gasteiger partial charge in [0.05, 0.1) is 49.8 Å². The van der Waals surface area contributed by atoms with Crippen molar-refractivity contribution in [3.8, 4) is 34.3 Å². The third-order valence-electron chi connectivity index (χ3n) is 7.24. The first-order valence-electron chi connectivity index (χ1n) is 13.8. The van der Waals surface area contributed by atoms with Gasteiger partial charge < -0.3 is 29.0 Å². The van der Waals surface area contributed by atoms with Crippen molar-refractivity contribution in [3.05, 3.63) is 105 Å². The fourth-order valence-corrected chi connectivity index (χ4v) is 5.09. The molecule has 0 saturated carbocycles. The quantitative estimate of drug-likeness (QED) is 0.201. The van der Waals surface area contributed by atoms with E-state index < -0.39 is 29.5 Å². The molecule has 0 atom stereocenters. The summed E-state index contributed by atoms with van der Waals surface area (Å²) in [6.07, 6.45) is 2.42. The number of ketones is 1. The maximum Gasteiger partial charge on any atom is 0.257 e. The predicted octanol–water partition coefficient (Wildman–Crippen LogP) is 4.76. The molecule has 3 aromatic heterocycles. The van der Waals surface area contributed by atoms with Gasteiger partial charge in [-0.25, -0.2) is 13.8 Å². The Morgan fingerprint density at radius 1 is 0.978 bits per heavy atom. The first-order chi connectivity index (χ1) is 21.7. The van der Waals surface area contributed by atoms with Crippen LogP contribution >= 0.6 is 0 Å². The number of methoxy groups -OCH3 is 2. The Kier molecular flexibility index (Phi) is 9.16. The van der Waals surface area contributed by atoms with Crippen molar-refractivity contribution in [2.75, 3.05) is 20.8 Å². The number of pyridine rings is 3. The predicted molar refractivity (Wildman–Crippen MR) is 161 cm³/mol. The van der Waals surface area contributed by atoms with Crippen LogP contribution in [-0.4, -0.2) is 51.4 Å². The number of aromatic nitrogens is 3. The fraction of sp³-hybridized carbons (Fsp3) is 0.212. The molecule has 0 fully saturated rings. The number of aryl methyl sites for hydroxylation is 1. The second kappa shape index (κ2) is 13.2. The lowest BCUT2D eigenvalue weighted by Gasteiger charge is -2.18. The third kappa shape index (κ3) is 6.24. The van der Waals surface area contributed by atoms with Gasteiger partial charge >= 0.3 is 0 Å². The third-order valence-corrected chi connectivity index (χ3v) is 7.24. The maximum absolute atomic E-state index is 15.3. The molecule has 0 aliphatic rings.